The second-order valence-corrected chi connectivity index (χ2v) is 23.7. The first-order valence-electron chi connectivity index (χ1n) is 25.0. The van der Waals surface area contributed by atoms with Gasteiger partial charge in [-0.05, 0) is 66.0 Å². The minimum absolute atomic E-state index is 0. The van der Waals surface area contributed by atoms with Gasteiger partial charge in [0.1, 0.15) is 17.7 Å². The number of aliphatic hydroxyl groups is 3. The lowest BCUT2D eigenvalue weighted by Gasteiger charge is -2.56. The number of alkyl carbamates (subject to hydrolysis) is 3. The highest BCUT2D eigenvalue weighted by Gasteiger charge is 2.66. The average molecular weight is 1100 g/mol. The van der Waals surface area contributed by atoms with Crippen molar-refractivity contribution < 1.29 is 62.7 Å². The minimum Gasteiger partial charge on any atom is -0.453 e. The lowest BCUT2D eigenvalue weighted by atomic mass is 9.56. The van der Waals surface area contributed by atoms with E-state index in [1.165, 1.54) is 33.1 Å². The predicted octanol–water partition coefficient (Wildman–Crippen LogP) is 6.47. The number of methoxy groups -OCH3 is 3. The SMILES string of the molecule is CCSSC/C=C1\C2=C(NC(=O)OC)C(=O)C[C@@]1(O)C#C/C=C\C#C[C@@H]2C.COC(=O)N[C@H]1C(=O)C[C@@]2(O)C#C/C=C\C#C[C@H](C)[C@@]13SCC=C32.COC(=O)N[C@H]1C(=O)C[C@]2(O)C3=CCS[C@@]31C(C)c1ccccc12.[2H][3H].[3HH]. The molecule has 6 bridgehead atoms. The van der Waals surface area contributed by atoms with E-state index in [4.69, 9.17) is 7.71 Å². The number of Topliss-reactive ketones (excluding diaryl/α,β-unsaturated/α-hetero) is 3. The van der Waals surface area contributed by atoms with E-state index in [0.717, 1.165) is 22.5 Å². The van der Waals surface area contributed by atoms with Crippen LogP contribution in [0.3, 0.4) is 0 Å². The van der Waals surface area contributed by atoms with Gasteiger partial charge in [-0.25, -0.2) is 14.4 Å². The van der Waals surface area contributed by atoms with Crippen LogP contribution in [0, 0.1) is 59.2 Å². The van der Waals surface area contributed by atoms with Gasteiger partial charge in [-0.1, -0.05) is 125 Å². The molecular weight excluding hydrogens is 1030 g/mol. The van der Waals surface area contributed by atoms with Crippen LogP contribution < -0.4 is 16.0 Å². The number of carbonyl (C=O) groups excluding carboxylic acids is 6. The molecule has 19 heteroatoms. The normalized spacial score (nSPS) is 33.3. The van der Waals surface area contributed by atoms with E-state index in [2.05, 4.69) is 86.6 Å². The van der Waals surface area contributed by atoms with Crippen LogP contribution in [0.25, 0.3) is 0 Å². The third-order valence-electron chi connectivity index (χ3n) is 14.1. The van der Waals surface area contributed by atoms with Crippen LogP contribution in [0.4, 0.5) is 14.4 Å². The molecule has 0 aromatic heterocycles. The first kappa shape index (κ1) is 55.2. The maximum atomic E-state index is 12.9. The van der Waals surface area contributed by atoms with Crippen molar-refractivity contribution in [2.75, 3.05) is 44.3 Å². The van der Waals surface area contributed by atoms with Gasteiger partial charge in [-0.2, -0.15) is 0 Å². The van der Waals surface area contributed by atoms with Crippen molar-refractivity contribution in [2.24, 2.45) is 11.8 Å². The highest BCUT2D eigenvalue weighted by molar-refractivity contribution is 8.76. The lowest BCUT2D eigenvalue weighted by molar-refractivity contribution is -0.130. The largest absolute Gasteiger partial charge is 0.453 e. The molecule has 8 aliphatic rings. The second-order valence-electron chi connectivity index (χ2n) is 18.3. The summed E-state index contributed by atoms with van der Waals surface area (Å²) in [6.07, 6.45) is 9.66. The summed E-state index contributed by atoms with van der Waals surface area (Å²) in [5.41, 5.74) is 0.0350. The van der Waals surface area contributed by atoms with Gasteiger partial charge in [0.05, 0.1) is 49.4 Å². The van der Waals surface area contributed by atoms with E-state index in [1.807, 2.05) is 56.3 Å². The number of benzene rings is 1. The molecule has 0 spiro atoms. The van der Waals surface area contributed by atoms with E-state index < -0.39 is 68.4 Å². The topological polar surface area (TPSA) is 227 Å². The number of allylic oxidation sites excluding steroid dienone is 5. The Morgan fingerprint density at radius 1 is 0.773 bits per heavy atom. The van der Waals surface area contributed by atoms with E-state index in [1.54, 1.807) is 57.7 Å². The Balaban J connectivity index is 0.000000211. The molecule has 6 N–H and O–H groups in total. The summed E-state index contributed by atoms with van der Waals surface area (Å²) in [4.78, 5) is 73.8. The molecule has 9 rings (SSSR count). The number of hydrogen-bond donors (Lipinski definition) is 6. The molecule has 1 aromatic carbocycles. The van der Waals surface area contributed by atoms with Gasteiger partial charge < -0.3 is 40.2 Å². The molecule has 1 aromatic rings. The monoisotopic (exact) mass is 1100 g/mol. The number of fused-ring (bicyclic) bond motifs is 4. The van der Waals surface area contributed by atoms with Crippen molar-refractivity contribution in [3.05, 3.63) is 106 Å². The summed E-state index contributed by atoms with van der Waals surface area (Å²) >= 11 is 3.12. The summed E-state index contributed by atoms with van der Waals surface area (Å²) in [6, 6.07) is 6.23. The zero-order valence-electron chi connectivity index (χ0n) is 44.3. The van der Waals surface area contributed by atoms with E-state index in [9.17, 15) is 44.1 Å². The van der Waals surface area contributed by atoms with Crippen LogP contribution in [0.2, 0.25) is 0 Å². The molecule has 15 nitrogen and oxygen atoms in total. The number of carbonyl (C=O) groups is 6. The summed E-state index contributed by atoms with van der Waals surface area (Å²) in [5.74, 6) is 24.4. The molecular formula is C56H61N3O12S4. The smallest absolute Gasteiger partial charge is 0.411 e. The van der Waals surface area contributed by atoms with Gasteiger partial charge in [-0.15, -0.1) is 23.5 Å². The van der Waals surface area contributed by atoms with Crippen molar-refractivity contribution in [3.63, 3.8) is 0 Å². The van der Waals surface area contributed by atoms with Gasteiger partial charge in [-0.3, -0.25) is 19.7 Å². The van der Waals surface area contributed by atoms with Crippen molar-refractivity contribution in [1.29, 1.82) is 0 Å². The second kappa shape index (κ2) is 23.5. The van der Waals surface area contributed by atoms with Crippen LogP contribution >= 0.6 is 45.1 Å². The number of ether oxygens (including phenoxy) is 3. The minimum atomic E-state index is -1.62. The molecule has 1 unspecified atom stereocenters. The van der Waals surface area contributed by atoms with Crippen LogP contribution in [0.5, 0.6) is 0 Å². The molecule has 2 aliphatic heterocycles. The van der Waals surface area contributed by atoms with E-state index in [-0.39, 0.29) is 49.8 Å². The maximum absolute atomic E-state index is 12.9. The number of hydrogen-bond acceptors (Lipinski definition) is 16. The van der Waals surface area contributed by atoms with Crippen molar-refractivity contribution in [3.8, 4) is 47.4 Å². The molecule has 0 radical (unpaired) electrons. The van der Waals surface area contributed by atoms with Crippen molar-refractivity contribution in [2.45, 2.75) is 91.3 Å². The molecule has 6 aliphatic carbocycles. The van der Waals surface area contributed by atoms with Gasteiger partial charge in [0.15, 0.2) is 28.6 Å². The molecule has 2 heterocycles. The molecule has 0 saturated heterocycles. The fourth-order valence-electron chi connectivity index (χ4n) is 10.9. The Labute approximate surface area is 457 Å². The van der Waals surface area contributed by atoms with E-state index in [0.29, 0.717) is 34.0 Å². The van der Waals surface area contributed by atoms with Crippen LogP contribution in [0.15, 0.2) is 94.8 Å². The molecule has 2 saturated carbocycles. The predicted molar refractivity (Wildman–Crippen MR) is 296 cm³/mol. The summed E-state index contributed by atoms with van der Waals surface area (Å²) < 4.78 is 22.5. The number of rotatable bonds is 7. The third kappa shape index (κ3) is 10.7. The lowest BCUT2D eigenvalue weighted by Crippen LogP contribution is -2.66. The van der Waals surface area contributed by atoms with Gasteiger partial charge >= 0.3 is 18.3 Å². The van der Waals surface area contributed by atoms with E-state index >= 15 is 0 Å². The quantitative estimate of drug-likeness (QED) is 0.0565. The zero-order valence-corrected chi connectivity index (χ0v) is 45.6. The summed E-state index contributed by atoms with van der Waals surface area (Å²) in [7, 11) is 7.11. The maximum Gasteiger partial charge on any atom is 0.411 e. The Bertz CT molecular complexity index is 3040. The van der Waals surface area contributed by atoms with Gasteiger partial charge in [0, 0.05) is 57.2 Å². The Morgan fingerprint density at radius 3 is 2.00 bits per heavy atom. The fourth-order valence-corrected chi connectivity index (χ4v) is 15.7. The highest BCUT2D eigenvalue weighted by atomic mass is 33.1. The Morgan fingerprint density at radius 2 is 1.35 bits per heavy atom. The summed E-state index contributed by atoms with van der Waals surface area (Å²) in [5, 5.41) is 41.6. The number of nitrogens with one attached hydrogen (secondary N) is 3. The van der Waals surface area contributed by atoms with Crippen LogP contribution in [-0.2, 0) is 34.2 Å². The third-order valence-corrected chi connectivity index (χ3v) is 19.7. The number of thioether (sulfide) groups is 2. The molecule has 75 heavy (non-hydrogen) atoms. The molecule has 396 valence electrons. The number of amides is 3. The van der Waals surface area contributed by atoms with Gasteiger partial charge in [0.25, 0.3) is 0 Å². The Hall–Kier alpha value is -6.00. The van der Waals surface area contributed by atoms with Crippen LogP contribution in [0.1, 0.15) is 68.4 Å². The van der Waals surface area contributed by atoms with Crippen molar-refractivity contribution in [1.82, 2.24) is 16.0 Å². The van der Waals surface area contributed by atoms with Gasteiger partial charge in [0.2, 0.25) is 0 Å². The zero-order chi connectivity index (χ0) is 56.3. The first-order chi connectivity index (χ1) is 36.8. The summed E-state index contributed by atoms with van der Waals surface area (Å²) in [6.45, 7) is 7.85. The fraction of sp³-hybridized carbons (Fsp3) is 0.429. The number of ketones is 3. The standard InChI is InChI=1S/C20H21NO4S2.C18H19NO4S.C18H17NO4S.2H2/c1-4-26-27-12-10-15-17-14(2)9-7-5-6-8-11-20(15,24)13-16(22)18(17)21-19(23)25-3;1-10-11-5-3-4-6-12(11)17(22)9-13(20)15(19-16(21)23-2)18(10)14(17)7-8-24-18;1-12-7-5-3-4-6-9-17(22)11-13(20)15(19-16(21)23-2)18(12)14(17)8-10-24-18;;/h5-6,10,14,24H,4,12-13H2,1-3H3,(H,21,23);3-7,10,15,22H,8-9H2,1-2H3,(H,19,21);3-4,8,12,15,22H,10-11H2,1-2H3,(H,19,21);2*1H/b6-5-,15-10+;;4-3-;;/t14-,20-;10?,15-,17+,18-;12-,15-,17-,18-;;/m000../s1/i;;;1+2D;1+2. The van der Waals surface area contributed by atoms with Crippen molar-refractivity contribution >= 4 is 80.7 Å². The van der Waals surface area contributed by atoms with Crippen LogP contribution in [-0.4, -0.2) is 128 Å². The molecule has 2 fully saturated rings. The average Bonchev–Trinajstić information content (AvgIpc) is 4.26. The first-order valence-corrected chi connectivity index (χ1v) is 28.4. The molecule has 10 atom stereocenters. The molecule has 3 amide bonds. The highest BCUT2D eigenvalue weighted by Crippen LogP contribution is 2.64. The Kier molecular flexibility index (Phi) is 17.3.